The van der Waals surface area contributed by atoms with Crippen molar-refractivity contribution in [2.45, 2.75) is 39.5 Å². The lowest BCUT2D eigenvalue weighted by Gasteiger charge is -2.21. The number of aromatic nitrogens is 2. The molecule has 0 bridgehead atoms. The van der Waals surface area contributed by atoms with Gasteiger partial charge in [-0.3, -0.25) is 0 Å². The maximum absolute atomic E-state index is 5.17. The van der Waals surface area contributed by atoms with E-state index >= 15 is 0 Å². The highest BCUT2D eigenvalue weighted by Crippen LogP contribution is 2.31. The van der Waals surface area contributed by atoms with E-state index in [0.29, 0.717) is 11.7 Å². The van der Waals surface area contributed by atoms with Gasteiger partial charge in [0.15, 0.2) is 0 Å². The zero-order chi connectivity index (χ0) is 12.5. The summed E-state index contributed by atoms with van der Waals surface area (Å²) >= 11 is 0. The Bertz CT molecular complexity index is 509. The number of rotatable bonds is 2. The summed E-state index contributed by atoms with van der Waals surface area (Å²) in [6.07, 6.45) is 0.769. The van der Waals surface area contributed by atoms with Crippen LogP contribution in [0.25, 0.3) is 11.4 Å². The summed E-state index contributed by atoms with van der Waals surface area (Å²) in [5.41, 5.74) is 2.37. The van der Waals surface area contributed by atoms with Gasteiger partial charge >= 0.3 is 0 Å². The normalized spacial score (nSPS) is 11.8. The first-order valence-electron chi connectivity index (χ1n) is 5.95. The first-order valence-corrected chi connectivity index (χ1v) is 5.95. The zero-order valence-electron chi connectivity index (χ0n) is 10.8. The predicted octanol–water partition coefficient (Wildman–Crippen LogP) is 3.60. The van der Waals surface area contributed by atoms with Crippen LogP contribution < -0.4 is 0 Å². The maximum atomic E-state index is 5.17. The molecular formula is C14H18N2O. The molecule has 0 saturated heterocycles. The van der Waals surface area contributed by atoms with Crippen LogP contribution in [0, 0.1) is 0 Å². The van der Waals surface area contributed by atoms with Crippen LogP contribution in [0.5, 0.6) is 0 Å². The number of benzene rings is 1. The van der Waals surface area contributed by atoms with Crippen LogP contribution in [0.3, 0.4) is 0 Å². The Balaban J connectivity index is 2.52. The van der Waals surface area contributed by atoms with Crippen LogP contribution in [0.1, 0.15) is 39.1 Å². The first-order chi connectivity index (χ1) is 8.02. The maximum Gasteiger partial charge on any atom is 0.226 e. The minimum Gasteiger partial charge on any atom is -0.339 e. The Hall–Kier alpha value is -1.64. The molecule has 0 amide bonds. The van der Waals surface area contributed by atoms with Gasteiger partial charge in [-0.25, -0.2) is 0 Å². The lowest BCUT2D eigenvalue weighted by atomic mass is 9.83. The molecule has 0 aliphatic rings. The van der Waals surface area contributed by atoms with E-state index in [-0.39, 0.29) is 5.41 Å². The Labute approximate surface area is 102 Å². The molecule has 3 nitrogen and oxygen atoms in total. The molecule has 1 aromatic carbocycles. The van der Waals surface area contributed by atoms with Crippen LogP contribution >= 0.6 is 0 Å². The zero-order valence-corrected chi connectivity index (χ0v) is 10.8. The smallest absolute Gasteiger partial charge is 0.226 e. The van der Waals surface area contributed by atoms with Gasteiger partial charge in [-0.2, -0.15) is 4.98 Å². The summed E-state index contributed by atoms with van der Waals surface area (Å²) < 4.78 is 5.17. The lowest BCUT2D eigenvalue weighted by molar-refractivity contribution is 0.382. The van der Waals surface area contributed by atoms with E-state index in [1.54, 1.807) is 0 Å². The molecule has 0 spiro atoms. The fraction of sp³-hybridized carbons (Fsp3) is 0.429. The summed E-state index contributed by atoms with van der Waals surface area (Å²) in [6, 6.07) is 8.22. The van der Waals surface area contributed by atoms with Gasteiger partial charge in [0.05, 0.1) is 0 Å². The molecule has 0 fully saturated rings. The minimum atomic E-state index is 0.0730. The van der Waals surface area contributed by atoms with E-state index < -0.39 is 0 Å². The van der Waals surface area contributed by atoms with E-state index in [1.165, 1.54) is 5.56 Å². The SMILES string of the molecule is CCc1nc(-c2ccccc2C(C)(C)C)no1. The molecule has 2 aromatic rings. The van der Waals surface area contributed by atoms with Crippen LogP contribution in [0.15, 0.2) is 28.8 Å². The fourth-order valence-electron chi connectivity index (χ4n) is 1.84. The summed E-state index contributed by atoms with van der Waals surface area (Å²) in [5.74, 6) is 1.37. The second kappa shape index (κ2) is 4.32. The molecule has 0 unspecified atom stereocenters. The molecule has 2 rings (SSSR count). The number of aryl methyl sites for hydroxylation is 1. The third kappa shape index (κ3) is 2.38. The van der Waals surface area contributed by atoms with Crippen molar-refractivity contribution in [1.29, 1.82) is 0 Å². The van der Waals surface area contributed by atoms with Gasteiger partial charge in [0, 0.05) is 12.0 Å². The van der Waals surface area contributed by atoms with E-state index in [1.807, 2.05) is 25.1 Å². The Kier molecular flexibility index (Phi) is 3.01. The van der Waals surface area contributed by atoms with E-state index in [4.69, 9.17) is 4.52 Å². The quantitative estimate of drug-likeness (QED) is 0.791. The summed E-state index contributed by atoms with van der Waals surface area (Å²) in [6.45, 7) is 8.57. The van der Waals surface area contributed by atoms with Crippen molar-refractivity contribution in [1.82, 2.24) is 10.1 Å². The lowest BCUT2D eigenvalue weighted by Crippen LogP contribution is -2.12. The standard InChI is InChI=1S/C14H18N2O/c1-5-12-15-13(16-17-12)10-8-6-7-9-11(10)14(2,3)4/h6-9H,5H2,1-4H3. The third-order valence-corrected chi connectivity index (χ3v) is 2.75. The van der Waals surface area contributed by atoms with Crippen molar-refractivity contribution < 1.29 is 4.52 Å². The molecule has 0 N–H and O–H groups in total. The Morgan fingerprint density at radius 1 is 1.18 bits per heavy atom. The molecule has 0 saturated carbocycles. The molecule has 1 heterocycles. The molecule has 0 aliphatic carbocycles. The van der Waals surface area contributed by atoms with Crippen LogP contribution in [0.2, 0.25) is 0 Å². The second-order valence-corrected chi connectivity index (χ2v) is 5.16. The molecule has 17 heavy (non-hydrogen) atoms. The predicted molar refractivity (Wildman–Crippen MR) is 67.8 cm³/mol. The monoisotopic (exact) mass is 230 g/mol. The van der Waals surface area contributed by atoms with Gasteiger partial charge < -0.3 is 4.52 Å². The topological polar surface area (TPSA) is 38.9 Å². The molecule has 1 aromatic heterocycles. The van der Waals surface area contributed by atoms with Crippen molar-refractivity contribution in [3.05, 3.63) is 35.7 Å². The minimum absolute atomic E-state index is 0.0730. The highest BCUT2D eigenvalue weighted by molar-refractivity contribution is 5.61. The van der Waals surface area contributed by atoms with Crippen molar-refractivity contribution in [3.8, 4) is 11.4 Å². The second-order valence-electron chi connectivity index (χ2n) is 5.16. The fourth-order valence-corrected chi connectivity index (χ4v) is 1.84. The van der Waals surface area contributed by atoms with Crippen LogP contribution in [-0.2, 0) is 11.8 Å². The van der Waals surface area contributed by atoms with Crippen molar-refractivity contribution in [3.63, 3.8) is 0 Å². The van der Waals surface area contributed by atoms with Gasteiger partial charge in [-0.15, -0.1) is 0 Å². The average Bonchev–Trinajstić information content (AvgIpc) is 2.76. The van der Waals surface area contributed by atoms with Gasteiger partial charge in [-0.05, 0) is 11.0 Å². The van der Waals surface area contributed by atoms with Crippen molar-refractivity contribution in [2.24, 2.45) is 0 Å². The van der Waals surface area contributed by atoms with E-state index in [0.717, 1.165) is 12.0 Å². The average molecular weight is 230 g/mol. The Morgan fingerprint density at radius 3 is 2.47 bits per heavy atom. The van der Waals surface area contributed by atoms with E-state index in [2.05, 4.69) is 37.0 Å². The summed E-state index contributed by atoms with van der Waals surface area (Å²) in [5, 5.41) is 4.05. The third-order valence-electron chi connectivity index (χ3n) is 2.75. The van der Waals surface area contributed by atoms with Gasteiger partial charge in [0.25, 0.3) is 0 Å². The molecule has 0 atom stereocenters. The van der Waals surface area contributed by atoms with Gasteiger partial charge in [0.1, 0.15) is 0 Å². The van der Waals surface area contributed by atoms with Crippen molar-refractivity contribution >= 4 is 0 Å². The first kappa shape index (κ1) is 11.8. The van der Waals surface area contributed by atoms with Gasteiger partial charge in [-0.1, -0.05) is 57.1 Å². The molecule has 3 heteroatoms. The number of hydrogen-bond acceptors (Lipinski definition) is 3. The Morgan fingerprint density at radius 2 is 1.88 bits per heavy atom. The van der Waals surface area contributed by atoms with Crippen molar-refractivity contribution in [2.75, 3.05) is 0 Å². The van der Waals surface area contributed by atoms with E-state index in [9.17, 15) is 0 Å². The molecular weight excluding hydrogens is 212 g/mol. The number of hydrogen-bond donors (Lipinski definition) is 0. The molecule has 0 radical (unpaired) electrons. The highest BCUT2D eigenvalue weighted by atomic mass is 16.5. The van der Waals surface area contributed by atoms with Gasteiger partial charge in [0.2, 0.25) is 11.7 Å². The largest absolute Gasteiger partial charge is 0.339 e. The number of nitrogens with zero attached hydrogens (tertiary/aromatic N) is 2. The summed E-state index contributed by atoms with van der Waals surface area (Å²) in [7, 11) is 0. The molecule has 90 valence electrons. The summed E-state index contributed by atoms with van der Waals surface area (Å²) in [4.78, 5) is 4.40. The highest BCUT2D eigenvalue weighted by Gasteiger charge is 2.20. The molecule has 0 aliphatic heterocycles. The van der Waals surface area contributed by atoms with Crippen LogP contribution in [0.4, 0.5) is 0 Å². The van der Waals surface area contributed by atoms with Crippen LogP contribution in [-0.4, -0.2) is 10.1 Å².